The van der Waals surface area contributed by atoms with E-state index in [-0.39, 0.29) is 11.6 Å². The highest BCUT2D eigenvalue weighted by Gasteiger charge is 2.03. The zero-order chi connectivity index (χ0) is 14.1. The van der Waals surface area contributed by atoms with Crippen molar-refractivity contribution in [2.24, 2.45) is 10.9 Å². The minimum absolute atomic E-state index is 0.0833. The van der Waals surface area contributed by atoms with Crippen molar-refractivity contribution in [3.63, 3.8) is 0 Å². The van der Waals surface area contributed by atoms with E-state index in [1.807, 2.05) is 0 Å². The van der Waals surface area contributed by atoms with Crippen LogP contribution < -0.4 is 17.0 Å². The molecule has 0 aliphatic carbocycles. The number of aromatic nitrogens is 2. The van der Waals surface area contributed by atoms with E-state index in [2.05, 4.69) is 15.1 Å². The maximum absolute atomic E-state index is 11.1. The molecule has 1 heterocycles. The molecule has 0 aliphatic heterocycles. The van der Waals surface area contributed by atoms with Crippen molar-refractivity contribution in [2.75, 3.05) is 6.54 Å². The lowest BCUT2D eigenvalue weighted by Crippen LogP contribution is -2.23. The number of nitroso groups, excluding NO2 is 1. The number of aromatic amines is 2. The first-order chi connectivity index (χ1) is 9.11. The summed E-state index contributed by atoms with van der Waals surface area (Å²) in [5, 5.41) is 2.79. The molecule has 0 radical (unpaired) electrons. The maximum atomic E-state index is 11.1. The van der Waals surface area contributed by atoms with Gasteiger partial charge in [-0.2, -0.15) is 4.91 Å². The van der Waals surface area contributed by atoms with E-state index in [1.165, 1.54) is 6.07 Å². The molecule has 0 aliphatic rings. The molecule has 0 amide bonds. The third-order valence-electron chi connectivity index (χ3n) is 2.91. The summed E-state index contributed by atoms with van der Waals surface area (Å²) in [5.41, 5.74) is 5.68. The largest absolute Gasteiger partial charge is 0.328 e. The van der Waals surface area contributed by atoms with Gasteiger partial charge in [0.2, 0.25) is 0 Å². The van der Waals surface area contributed by atoms with Gasteiger partial charge in [-0.15, -0.1) is 0 Å². The van der Waals surface area contributed by atoms with Gasteiger partial charge in [-0.25, -0.2) is 4.79 Å². The van der Waals surface area contributed by atoms with Gasteiger partial charge in [0, 0.05) is 17.8 Å². The molecular weight excluding hydrogens is 248 g/mol. The lowest BCUT2D eigenvalue weighted by atomic mass is 10.0. The molecule has 7 heteroatoms. The summed E-state index contributed by atoms with van der Waals surface area (Å²) in [6.45, 7) is 0.321. The van der Waals surface area contributed by atoms with Crippen LogP contribution >= 0.6 is 0 Å². The molecule has 0 saturated carbocycles. The SMILES string of the molecule is NC(CCCCc1cc(=O)[nH]c(=O)[nH]1)CCCN=O. The molecule has 1 unspecified atom stereocenters. The van der Waals surface area contributed by atoms with Gasteiger partial charge in [0.05, 0.1) is 6.54 Å². The number of rotatable bonds is 9. The van der Waals surface area contributed by atoms with Crippen LogP contribution in [0.25, 0.3) is 0 Å². The monoisotopic (exact) mass is 268 g/mol. The third-order valence-corrected chi connectivity index (χ3v) is 2.91. The quantitative estimate of drug-likeness (QED) is 0.449. The molecule has 4 N–H and O–H groups in total. The van der Waals surface area contributed by atoms with Crippen LogP contribution in [0, 0.1) is 4.91 Å². The van der Waals surface area contributed by atoms with Gasteiger partial charge in [-0.3, -0.25) is 9.78 Å². The van der Waals surface area contributed by atoms with Gasteiger partial charge in [-0.05, 0) is 32.1 Å². The summed E-state index contributed by atoms with van der Waals surface area (Å²) >= 11 is 0. The van der Waals surface area contributed by atoms with Crippen molar-refractivity contribution in [3.8, 4) is 0 Å². The van der Waals surface area contributed by atoms with Crippen LogP contribution in [0.5, 0.6) is 0 Å². The molecule has 7 nitrogen and oxygen atoms in total. The van der Waals surface area contributed by atoms with Crippen molar-refractivity contribution < 1.29 is 0 Å². The average Bonchev–Trinajstić information content (AvgIpc) is 2.34. The highest BCUT2D eigenvalue weighted by Crippen LogP contribution is 2.07. The molecule has 1 atom stereocenters. The molecule has 0 spiro atoms. The Labute approximate surface area is 110 Å². The minimum atomic E-state index is -0.472. The van der Waals surface area contributed by atoms with E-state index in [1.54, 1.807) is 0 Å². The van der Waals surface area contributed by atoms with Gasteiger partial charge >= 0.3 is 5.69 Å². The molecule has 1 rings (SSSR count). The van der Waals surface area contributed by atoms with Crippen LogP contribution in [-0.2, 0) is 6.42 Å². The Kier molecular flexibility index (Phi) is 6.73. The Balaban J connectivity index is 2.21. The topological polar surface area (TPSA) is 121 Å². The van der Waals surface area contributed by atoms with E-state index >= 15 is 0 Å². The minimum Gasteiger partial charge on any atom is -0.328 e. The third kappa shape index (κ3) is 6.66. The van der Waals surface area contributed by atoms with E-state index in [0.717, 1.165) is 32.1 Å². The van der Waals surface area contributed by atoms with Gasteiger partial charge < -0.3 is 10.7 Å². The van der Waals surface area contributed by atoms with Crippen LogP contribution in [0.2, 0.25) is 0 Å². The number of unbranched alkanes of at least 4 members (excludes halogenated alkanes) is 1. The Morgan fingerprint density at radius 3 is 2.58 bits per heavy atom. The fraction of sp³-hybridized carbons (Fsp3) is 0.667. The summed E-state index contributed by atoms with van der Waals surface area (Å²) in [6.07, 6.45) is 4.83. The van der Waals surface area contributed by atoms with E-state index in [9.17, 15) is 14.5 Å². The van der Waals surface area contributed by atoms with Gasteiger partial charge in [-0.1, -0.05) is 11.6 Å². The second-order valence-corrected chi connectivity index (χ2v) is 4.61. The number of nitrogens with two attached hydrogens (primary N) is 1. The lowest BCUT2D eigenvalue weighted by Gasteiger charge is -2.09. The van der Waals surface area contributed by atoms with Crippen LogP contribution in [0.4, 0.5) is 0 Å². The van der Waals surface area contributed by atoms with Gasteiger partial charge in [0.25, 0.3) is 5.56 Å². The second kappa shape index (κ2) is 8.36. The zero-order valence-electron chi connectivity index (χ0n) is 10.9. The van der Waals surface area contributed by atoms with Crippen LogP contribution in [-0.4, -0.2) is 22.6 Å². The Morgan fingerprint density at radius 1 is 1.16 bits per heavy atom. The van der Waals surface area contributed by atoms with Gasteiger partial charge in [0.15, 0.2) is 0 Å². The summed E-state index contributed by atoms with van der Waals surface area (Å²) in [5.74, 6) is 0. The van der Waals surface area contributed by atoms with Crippen molar-refractivity contribution in [3.05, 3.63) is 37.5 Å². The summed E-state index contributed by atoms with van der Waals surface area (Å²) in [6, 6.07) is 1.48. The van der Waals surface area contributed by atoms with E-state index < -0.39 is 5.69 Å². The maximum Gasteiger partial charge on any atom is 0.325 e. The van der Waals surface area contributed by atoms with E-state index in [4.69, 9.17) is 5.73 Å². The first-order valence-corrected chi connectivity index (χ1v) is 6.49. The van der Waals surface area contributed by atoms with Crippen LogP contribution in [0.1, 0.15) is 37.8 Å². The summed E-state index contributed by atoms with van der Waals surface area (Å²) in [4.78, 5) is 36.7. The lowest BCUT2D eigenvalue weighted by molar-refractivity contribution is 0.518. The number of H-pyrrole nitrogens is 2. The van der Waals surface area contributed by atoms with E-state index in [0.29, 0.717) is 18.7 Å². The number of aryl methyl sites for hydroxylation is 1. The summed E-state index contributed by atoms with van der Waals surface area (Å²) in [7, 11) is 0. The molecule has 0 fully saturated rings. The highest BCUT2D eigenvalue weighted by atomic mass is 16.3. The Morgan fingerprint density at radius 2 is 1.89 bits per heavy atom. The second-order valence-electron chi connectivity index (χ2n) is 4.61. The van der Waals surface area contributed by atoms with Crippen molar-refractivity contribution >= 4 is 0 Å². The smallest absolute Gasteiger partial charge is 0.325 e. The summed E-state index contributed by atoms with van der Waals surface area (Å²) < 4.78 is 0. The van der Waals surface area contributed by atoms with Crippen molar-refractivity contribution in [1.82, 2.24) is 9.97 Å². The molecule has 0 bridgehead atoms. The molecule has 106 valence electrons. The number of hydrogen-bond acceptors (Lipinski definition) is 5. The standard InChI is InChI=1S/C12H20N4O3/c13-9(5-3-7-14-19)4-1-2-6-10-8-11(17)16-12(18)15-10/h8-9H,1-7,13H2,(H2,15,16,17,18). The Bertz CT molecular complexity index is 466. The van der Waals surface area contributed by atoms with Crippen molar-refractivity contribution in [1.29, 1.82) is 0 Å². The number of hydrogen-bond donors (Lipinski definition) is 3. The first kappa shape index (κ1) is 15.3. The molecule has 1 aromatic rings. The molecule has 19 heavy (non-hydrogen) atoms. The number of nitrogens with zero attached hydrogens (tertiary/aromatic N) is 1. The predicted molar refractivity (Wildman–Crippen MR) is 73.1 cm³/mol. The van der Waals surface area contributed by atoms with Crippen LogP contribution in [0.3, 0.4) is 0 Å². The molecule has 1 aromatic heterocycles. The Hall–Kier alpha value is -1.76. The normalized spacial score (nSPS) is 12.3. The first-order valence-electron chi connectivity index (χ1n) is 6.49. The molecule has 0 saturated heterocycles. The zero-order valence-corrected chi connectivity index (χ0v) is 10.9. The predicted octanol–water partition coefficient (Wildman–Crippen LogP) is 0.650. The fourth-order valence-corrected chi connectivity index (χ4v) is 1.94. The number of nitrogens with one attached hydrogen (secondary N) is 2. The molecular formula is C12H20N4O3. The molecule has 0 aromatic carbocycles. The highest BCUT2D eigenvalue weighted by molar-refractivity contribution is 4.98. The fourth-order valence-electron chi connectivity index (χ4n) is 1.94. The van der Waals surface area contributed by atoms with Crippen LogP contribution in [0.15, 0.2) is 20.8 Å². The van der Waals surface area contributed by atoms with Gasteiger partial charge in [0.1, 0.15) is 0 Å². The average molecular weight is 268 g/mol. The van der Waals surface area contributed by atoms with Crippen molar-refractivity contribution in [2.45, 2.75) is 44.6 Å².